The van der Waals surface area contributed by atoms with Crippen molar-refractivity contribution in [1.29, 1.82) is 0 Å². The number of rotatable bonds is 11. The first-order valence-corrected chi connectivity index (χ1v) is 7.03. The molecule has 2 heteroatoms. The topological polar surface area (TPSA) is 26.3 Å². The molecule has 2 nitrogen and oxygen atoms in total. The molecule has 0 unspecified atom stereocenters. The second-order valence-electron chi connectivity index (χ2n) is 4.50. The highest BCUT2D eigenvalue weighted by molar-refractivity contribution is 5.68. The van der Waals surface area contributed by atoms with Crippen molar-refractivity contribution in [3.8, 4) is 0 Å². The molecule has 0 aliphatic rings. The van der Waals surface area contributed by atoms with Crippen LogP contribution in [0.4, 0.5) is 0 Å². The maximum atomic E-state index is 10.8. The quantitative estimate of drug-likeness (QED) is 0.299. The summed E-state index contributed by atoms with van der Waals surface area (Å²) in [6.45, 7) is 2.22. The molecule has 0 aromatic heterocycles. The predicted octanol–water partition coefficient (Wildman–Crippen LogP) is 4.64. The van der Waals surface area contributed by atoms with E-state index in [1.807, 2.05) is 0 Å². The van der Waals surface area contributed by atoms with Crippen molar-refractivity contribution in [2.24, 2.45) is 0 Å². The number of allylic oxidation sites excluding steroid dienone is 2. The van der Waals surface area contributed by atoms with Crippen LogP contribution in [-0.2, 0) is 9.53 Å². The summed E-state index contributed by atoms with van der Waals surface area (Å²) >= 11 is 0. The van der Waals surface area contributed by atoms with Crippen LogP contribution in [-0.4, -0.2) is 13.1 Å². The van der Waals surface area contributed by atoms with Crippen LogP contribution in [0, 0.1) is 0 Å². The number of ether oxygens (including phenoxy) is 1. The molecule has 0 saturated carbocycles. The van der Waals surface area contributed by atoms with Gasteiger partial charge in [-0.05, 0) is 25.7 Å². The zero-order valence-corrected chi connectivity index (χ0v) is 11.5. The number of methoxy groups -OCH3 is 1. The lowest BCUT2D eigenvalue weighted by atomic mass is 10.1. The highest BCUT2D eigenvalue weighted by Gasteiger charge is 1.98. The standard InChI is InChI=1S/C15H28O2/c1-3-4-5-6-7-8-9-10-11-12-13-14-15(16)17-2/h6-7H,3-5,8-14H2,1-2H3/b7-6-. The maximum absolute atomic E-state index is 10.8. The minimum Gasteiger partial charge on any atom is -0.469 e. The number of hydrogen-bond donors (Lipinski definition) is 0. The van der Waals surface area contributed by atoms with Crippen LogP contribution in [0.5, 0.6) is 0 Å². The lowest BCUT2D eigenvalue weighted by Crippen LogP contribution is -1.98. The van der Waals surface area contributed by atoms with Gasteiger partial charge in [0.2, 0.25) is 0 Å². The van der Waals surface area contributed by atoms with Crippen LogP contribution in [0.15, 0.2) is 12.2 Å². The second-order valence-corrected chi connectivity index (χ2v) is 4.50. The number of carbonyl (C=O) groups is 1. The number of hydrogen-bond acceptors (Lipinski definition) is 2. The van der Waals surface area contributed by atoms with Crippen molar-refractivity contribution in [2.75, 3.05) is 7.11 Å². The minimum atomic E-state index is -0.0798. The largest absolute Gasteiger partial charge is 0.469 e. The molecular formula is C15H28O2. The summed E-state index contributed by atoms with van der Waals surface area (Å²) in [5, 5.41) is 0. The van der Waals surface area contributed by atoms with Gasteiger partial charge in [-0.2, -0.15) is 0 Å². The molecule has 0 spiro atoms. The third-order valence-corrected chi connectivity index (χ3v) is 2.87. The van der Waals surface area contributed by atoms with E-state index in [0.29, 0.717) is 6.42 Å². The lowest BCUT2D eigenvalue weighted by molar-refractivity contribution is -0.140. The van der Waals surface area contributed by atoms with Gasteiger partial charge < -0.3 is 4.74 Å². The predicted molar refractivity (Wildman–Crippen MR) is 73.0 cm³/mol. The molecule has 0 aliphatic heterocycles. The molecule has 100 valence electrons. The molecule has 0 aromatic rings. The summed E-state index contributed by atoms with van der Waals surface area (Å²) in [5.41, 5.74) is 0. The first-order valence-electron chi connectivity index (χ1n) is 7.03. The zero-order chi connectivity index (χ0) is 12.8. The molecular weight excluding hydrogens is 212 g/mol. The summed E-state index contributed by atoms with van der Waals surface area (Å²) in [5.74, 6) is -0.0798. The van der Waals surface area contributed by atoms with E-state index in [-0.39, 0.29) is 5.97 Å². The molecule has 0 aromatic carbocycles. The Kier molecular flexibility index (Phi) is 12.7. The highest BCUT2D eigenvalue weighted by Crippen LogP contribution is 2.08. The summed E-state index contributed by atoms with van der Waals surface area (Å²) in [6, 6.07) is 0. The van der Waals surface area contributed by atoms with Gasteiger partial charge in [-0.15, -0.1) is 0 Å². The number of unbranched alkanes of at least 4 members (excludes halogenated alkanes) is 7. The average molecular weight is 240 g/mol. The third kappa shape index (κ3) is 13.1. The Morgan fingerprint density at radius 3 is 2.18 bits per heavy atom. The Labute approximate surface area is 106 Å². The fourth-order valence-electron chi connectivity index (χ4n) is 1.72. The summed E-state index contributed by atoms with van der Waals surface area (Å²) in [6.07, 6.45) is 16.1. The van der Waals surface area contributed by atoms with E-state index in [1.54, 1.807) is 0 Å². The second kappa shape index (κ2) is 13.3. The summed E-state index contributed by atoms with van der Waals surface area (Å²) in [7, 11) is 1.45. The van der Waals surface area contributed by atoms with Crippen LogP contribution in [0.1, 0.15) is 71.1 Å². The SMILES string of the molecule is CCCC/C=C\CCCCCCCC(=O)OC. The van der Waals surface area contributed by atoms with Crippen molar-refractivity contribution in [2.45, 2.75) is 71.1 Å². The number of carbonyl (C=O) groups excluding carboxylic acids is 1. The van der Waals surface area contributed by atoms with Gasteiger partial charge in [0.05, 0.1) is 7.11 Å². The average Bonchev–Trinajstić information content (AvgIpc) is 2.35. The van der Waals surface area contributed by atoms with Crippen LogP contribution < -0.4 is 0 Å². The van der Waals surface area contributed by atoms with Gasteiger partial charge >= 0.3 is 5.97 Å². The van der Waals surface area contributed by atoms with Gasteiger partial charge in [0.25, 0.3) is 0 Å². The van der Waals surface area contributed by atoms with Gasteiger partial charge in [-0.1, -0.05) is 51.2 Å². The van der Waals surface area contributed by atoms with Crippen LogP contribution in [0.3, 0.4) is 0 Å². The molecule has 0 atom stereocenters. The molecule has 17 heavy (non-hydrogen) atoms. The van der Waals surface area contributed by atoms with Gasteiger partial charge in [0, 0.05) is 6.42 Å². The van der Waals surface area contributed by atoms with Gasteiger partial charge in [-0.3, -0.25) is 4.79 Å². The first-order chi connectivity index (χ1) is 8.31. The van der Waals surface area contributed by atoms with Gasteiger partial charge in [0.15, 0.2) is 0 Å². The van der Waals surface area contributed by atoms with E-state index in [2.05, 4.69) is 23.8 Å². The van der Waals surface area contributed by atoms with Crippen molar-refractivity contribution >= 4 is 5.97 Å². The fraction of sp³-hybridized carbons (Fsp3) is 0.800. The van der Waals surface area contributed by atoms with Crippen LogP contribution in [0.2, 0.25) is 0 Å². The van der Waals surface area contributed by atoms with E-state index in [0.717, 1.165) is 12.8 Å². The van der Waals surface area contributed by atoms with E-state index < -0.39 is 0 Å². The first kappa shape index (κ1) is 16.2. The third-order valence-electron chi connectivity index (χ3n) is 2.87. The van der Waals surface area contributed by atoms with Gasteiger partial charge in [-0.25, -0.2) is 0 Å². The van der Waals surface area contributed by atoms with E-state index >= 15 is 0 Å². The molecule has 0 aliphatic carbocycles. The van der Waals surface area contributed by atoms with Crippen molar-refractivity contribution in [3.63, 3.8) is 0 Å². The monoisotopic (exact) mass is 240 g/mol. The summed E-state index contributed by atoms with van der Waals surface area (Å²) < 4.78 is 4.59. The molecule has 0 N–H and O–H groups in total. The van der Waals surface area contributed by atoms with Crippen LogP contribution in [0.25, 0.3) is 0 Å². The van der Waals surface area contributed by atoms with E-state index in [1.165, 1.54) is 52.1 Å². The number of esters is 1. The van der Waals surface area contributed by atoms with Crippen molar-refractivity contribution in [3.05, 3.63) is 12.2 Å². The maximum Gasteiger partial charge on any atom is 0.305 e. The molecule has 0 fully saturated rings. The Balaban J connectivity index is 3.08. The van der Waals surface area contributed by atoms with Crippen molar-refractivity contribution < 1.29 is 9.53 Å². The Bertz CT molecular complexity index is 197. The van der Waals surface area contributed by atoms with E-state index in [9.17, 15) is 4.79 Å². The molecule has 0 bridgehead atoms. The lowest BCUT2D eigenvalue weighted by Gasteiger charge is -2.00. The smallest absolute Gasteiger partial charge is 0.305 e. The van der Waals surface area contributed by atoms with Gasteiger partial charge in [0.1, 0.15) is 0 Å². The highest BCUT2D eigenvalue weighted by atomic mass is 16.5. The molecule has 0 radical (unpaired) electrons. The molecule has 0 rings (SSSR count). The molecule has 0 saturated heterocycles. The Morgan fingerprint density at radius 2 is 1.53 bits per heavy atom. The fourth-order valence-corrected chi connectivity index (χ4v) is 1.72. The van der Waals surface area contributed by atoms with E-state index in [4.69, 9.17) is 0 Å². The molecule has 0 heterocycles. The Morgan fingerprint density at radius 1 is 0.941 bits per heavy atom. The summed E-state index contributed by atoms with van der Waals surface area (Å²) in [4.78, 5) is 10.8. The molecule has 0 amide bonds. The minimum absolute atomic E-state index is 0.0798. The Hall–Kier alpha value is -0.790. The van der Waals surface area contributed by atoms with Crippen LogP contribution >= 0.6 is 0 Å². The normalized spacial score (nSPS) is 10.9. The zero-order valence-electron chi connectivity index (χ0n) is 11.5. The van der Waals surface area contributed by atoms with Crippen molar-refractivity contribution in [1.82, 2.24) is 0 Å².